The molecule has 2 aromatic carbocycles. The molecule has 0 fully saturated rings. The molecule has 0 aliphatic heterocycles. The molecule has 0 aliphatic carbocycles. The molecule has 0 amide bonds. The van der Waals surface area contributed by atoms with Crippen LogP contribution in [0.2, 0.25) is 5.02 Å². The maximum Gasteiger partial charge on any atom is 0.132 e. The van der Waals surface area contributed by atoms with Gasteiger partial charge in [0.05, 0.1) is 0 Å². The van der Waals surface area contributed by atoms with Crippen molar-refractivity contribution >= 4 is 23.0 Å². The van der Waals surface area contributed by atoms with E-state index in [0.29, 0.717) is 16.3 Å². The summed E-state index contributed by atoms with van der Waals surface area (Å²) in [6.07, 6.45) is 1.89. The van der Waals surface area contributed by atoms with E-state index in [1.54, 1.807) is 24.3 Å². The van der Waals surface area contributed by atoms with Crippen LogP contribution in [0.5, 0.6) is 0 Å². The van der Waals surface area contributed by atoms with E-state index in [-0.39, 0.29) is 5.82 Å². The molecule has 3 heteroatoms. The molecular formula is C17H17ClFN. The quantitative estimate of drug-likeness (QED) is 0.765. The maximum atomic E-state index is 14.1. The largest absolute Gasteiger partial charge is 0.355 e. The lowest BCUT2D eigenvalue weighted by atomic mass is 10.1. The van der Waals surface area contributed by atoms with E-state index in [1.807, 2.05) is 18.2 Å². The summed E-state index contributed by atoms with van der Waals surface area (Å²) in [7, 11) is 0. The summed E-state index contributed by atoms with van der Waals surface area (Å²) in [5, 5.41) is 3.75. The Morgan fingerprint density at radius 2 is 1.90 bits per heavy atom. The lowest BCUT2D eigenvalue weighted by molar-refractivity contribution is 0.621. The topological polar surface area (TPSA) is 12.0 Å². The fourth-order valence-corrected chi connectivity index (χ4v) is 2.15. The average Bonchev–Trinajstić information content (AvgIpc) is 2.42. The van der Waals surface area contributed by atoms with Gasteiger partial charge < -0.3 is 5.32 Å². The third kappa shape index (κ3) is 3.61. The van der Waals surface area contributed by atoms with Crippen molar-refractivity contribution in [3.05, 3.63) is 71.0 Å². The Hall–Kier alpha value is -1.80. The molecule has 0 saturated heterocycles. The van der Waals surface area contributed by atoms with Crippen LogP contribution in [-0.2, 0) is 6.42 Å². The fraction of sp³-hybridized carbons (Fsp3) is 0.176. The van der Waals surface area contributed by atoms with Gasteiger partial charge in [0.25, 0.3) is 0 Å². The molecule has 1 nitrogen and oxygen atoms in total. The fourth-order valence-electron chi connectivity index (χ4n) is 2.02. The number of benzene rings is 2. The van der Waals surface area contributed by atoms with Crippen molar-refractivity contribution in [2.75, 3.05) is 5.32 Å². The van der Waals surface area contributed by atoms with Crippen LogP contribution >= 0.6 is 11.6 Å². The zero-order chi connectivity index (χ0) is 14.5. The van der Waals surface area contributed by atoms with Crippen molar-refractivity contribution in [2.45, 2.75) is 19.8 Å². The molecule has 104 valence electrons. The van der Waals surface area contributed by atoms with E-state index in [4.69, 9.17) is 11.6 Å². The van der Waals surface area contributed by atoms with Gasteiger partial charge >= 0.3 is 0 Å². The third-order valence-electron chi connectivity index (χ3n) is 3.04. The van der Waals surface area contributed by atoms with E-state index >= 15 is 0 Å². The van der Waals surface area contributed by atoms with Crippen LogP contribution in [0.1, 0.15) is 24.5 Å². The first-order chi connectivity index (χ1) is 9.60. The Labute approximate surface area is 124 Å². The highest BCUT2D eigenvalue weighted by Gasteiger charge is 2.07. The molecule has 1 N–H and O–H groups in total. The third-order valence-corrected chi connectivity index (χ3v) is 3.29. The van der Waals surface area contributed by atoms with E-state index in [2.05, 4.69) is 18.8 Å². The lowest BCUT2D eigenvalue weighted by Gasteiger charge is -2.12. The minimum absolute atomic E-state index is 0.248. The normalized spacial score (nSPS) is 10.3. The van der Waals surface area contributed by atoms with Gasteiger partial charge in [0.2, 0.25) is 0 Å². The smallest absolute Gasteiger partial charge is 0.132 e. The molecule has 2 aromatic rings. The van der Waals surface area contributed by atoms with E-state index in [9.17, 15) is 4.39 Å². The van der Waals surface area contributed by atoms with Crippen molar-refractivity contribution in [3.63, 3.8) is 0 Å². The van der Waals surface area contributed by atoms with Crippen LogP contribution in [-0.4, -0.2) is 0 Å². The molecule has 0 atom stereocenters. The molecule has 0 heterocycles. The van der Waals surface area contributed by atoms with Crippen LogP contribution < -0.4 is 5.32 Å². The molecule has 0 unspecified atom stereocenters. The number of hydrogen-bond acceptors (Lipinski definition) is 1. The van der Waals surface area contributed by atoms with Crippen molar-refractivity contribution in [1.82, 2.24) is 0 Å². The molecule has 2 rings (SSSR count). The molecule has 0 bridgehead atoms. The Kier molecular flexibility index (Phi) is 4.80. The van der Waals surface area contributed by atoms with Crippen LogP contribution in [0.3, 0.4) is 0 Å². The van der Waals surface area contributed by atoms with Crippen LogP contribution in [0.25, 0.3) is 5.70 Å². The maximum absolute atomic E-state index is 14.1. The summed E-state index contributed by atoms with van der Waals surface area (Å²) in [6.45, 7) is 5.97. The van der Waals surface area contributed by atoms with Gasteiger partial charge in [-0.25, -0.2) is 4.39 Å². The number of anilines is 1. The average molecular weight is 290 g/mol. The minimum atomic E-state index is -0.248. The monoisotopic (exact) mass is 289 g/mol. The number of hydrogen-bond donors (Lipinski definition) is 1. The molecule has 0 saturated carbocycles. The number of halogens is 2. The summed E-state index contributed by atoms with van der Waals surface area (Å²) in [4.78, 5) is 0. The molecule has 20 heavy (non-hydrogen) atoms. The number of aryl methyl sites for hydroxylation is 1. The van der Waals surface area contributed by atoms with Crippen LogP contribution in [0.4, 0.5) is 10.1 Å². The Balaban J connectivity index is 2.14. The van der Waals surface area contributed by atoms with Crippen molar-refractivity contribution in [1.29, 1.82) is 0 Å². The zero-order valence-electron chi connectivity index (χ0n) is 11.4. The number of nitrogens with one attached hydrogen (secondary N) is 1. The Morgan fingerprint density at radius 1 is 1.20 bits per heavy atom. The van der Waals surface area contributed by atoms with Gasteiger partial charge in [-0.15, -0.1) is 0 Å². The summed E-state index contributed by atoms with van der Waals surface area (Å²) in [6, 6.07) is 12.5. The predicted octanol–water partition coefficient (Wildman–Crippen LogP) is 5.51. The van der Waals surface area contributed by atoms with Crippen LogP contribution in [0.15, 0.2) is 49.0 Å². The molecule has 0 radical (unpaired) electrons. The molecule has 0 aliphatic rings. The van der Waals surface area contributed by atoms with Gasteiger partial charge in [0.15, 0.2) is 0 Å². The van der Waals surface area contributed by atoms with Gasteiger partial charge in [0.1, 0.15) is 5.82 Å². The first-order valence-electron chi connectivity index (χ1n) is 6.60. The van der Waals surface area contributed by atoms with Gasteiger partial charge in [0, 0.05) is 22.0 Å². The van der Waals surface area contributed by atoms with Gasteiger partial charge in [-0.1, -0.05) is 37.6 Å². The SMILES string of the molecule is C=C(Nc1ccc(Cl)cc1)c1ccc(CCC)cc1F. The van der Waals surface area contributed by atoms with Gasteiger partial charge in [-0.3, -0.25) is 0 Å². The predicted molar refractivity (Wildman–Crippen MR) is 84.5 cm³/mol. The van der Waals surface area contributed by atoms with Crippen molar-refractivity contribution in [3.8, 4) is 0 Å². The Morgan fingerprint density at radius 3 is 2.50 bits per heavy atom. The highest BCUT2D eigenvalue weighted by Crippen LogP contribution is 2.22. The zero-order valence-corrected chi connectivity index (χ0v) is 12.2. The second-order valence-corrected chi connectivity index (χ2v) is 5.11. The number of rotatable bonds is 5. The second kappa shape index (κ2) is 6.58. The van der Waals surface area contributed by atoms with Gasteiger partial charge in [-0.2, -0.15) is 0 Å². The van der Waals surface area contributed by atoms with Crippen LogP contribution in [0, 0.1) is 5.82 Å². The second-order valence-electron chi connectivity index (χ2n) is 4.67. The summed E-state index contributed by atoms with van der Waals surface area (Å²) < 4.78 is 14.1. The van der Waals surface area contributed by atoms with E-state index < -0.39 is 0 Å². The lowest BCUT2D eigenvalue weighted by Crippen LogP contribution is -2.00. The van der Waals surface area contributed by atoms with E-state index in [0.717, 1.165) is 24.1 Å². The first-order valence-corrected chi connectivity index (χ1v) is 6.98. The van der Waals surface area contributed by atoms with Crippen molar-refractivity contribution in [2.24, 2.45) is 0 Å². The molecular weight excluding hydrogens is 273 g/mol. The first kappa shape index (κ1) is 14.6. The molecule has 0 aromatic heterocycles. The molecule has 0 spiro atoms. The van der Waals surface area contributed by atoms with Gasteiger partial charge in [-0.05, 0) is 48.4 Å². The summed E-state index contributed by atoms with van der Waals surface area (Å²) in [5.41, 5.74) is 2.86. The standard InChI is InChI=1S/C17H17ClFN/c1-3-4-13-5-10-16(17(19)11-13)12(2)20-15-8-6-14(18)7-9-15/h5-11,20H,2-4H2,1H3. The minimum Gasteiger partial charge on any atom is -0.355 e. The summed E-state index contributed by atoms with van der Waals surface area (Å²) in [5.74, 6) is -0.248. The Bertz CT molecular complexity index is 605. The van der Waals surface area contributed by atoms with E-state index in [1.165, 1.54) is 0 Å². The highest BCUT2D eigenvalue weighted by molar-refractivity contribution is 6.30. The summed E-state index contributed by atoms with van der Waals surface area (Å²) >= 11 is 5.83. The highest BCUT2D eigenvalue weighted by atomic mass is 35.5. The van der Waals surface area contributed by atoms with Crippen molar-refractivity contribution < 1.29 is 4.39 Å².